The molecule has 7 heteroatoms. The number of ether oxygens (including phenoxy) is 1. The highest BCUT2D eigenvalue weighted by molar-refractivity contribution is 7.18. The van der Waals surface area contributed by atoms with Gasteiger partial charge < -0.3 is 4.74 Å². The number of Topliss-reactive ketones (excluding diaryl/α,β-unsaturated/α-hetero) is 2. The predicted octanol–water partition coefficient (Wildman–Crippen LogP) is 2.60. The van der Waals surface area contributed by atoms with Crippen molar-refractivity contribution in [1.82, 2.24) is 9.78 Å². The minimum Gasteiger partial charge on any atom is -0.481 e. The van der Waals surface area contributed by atoms with Crippen molar-refractivity contribution in [2.45, 2.75) is 6.42 Å². The summed E-state index contributed by atoms with van der Waals surface area (Å²) >= 11 is 6.91. The molecule has 0 spiro atoms. The lowest BCUT2D eigenvalue weighted by molar-refractivity contribution is 0.0893. The normalized spacial score (nSPS) is 10.5. The summed E-state index contributed by atoms with van der Waals surface area (Å²) < 4.78 is 6.98. The van der Waals surface area contributed by atoms with E-state index < -0.39 is 0 Å². The highest BCUT2D eigenvalue weighted by Gasteiger charge is 2.18. The van der Waals surface area contributed by atoms with Gasteiger partial charge in [-0.15, -0.1) is 11.3 Å². The van der Waals surface area contributed by atoms with Gasteiger partial charge in [0.15, 0.2) is 11.6 Å². The third-order valence-corrected chi connectivity index (χ3v) is 3.77. The van der Waals surface area contributed by atoms with Gasteiger partial charge in [-0.05, 0) is 12.1 Å². The van der Waals surface area contributed by atoms with Crippen molar-refractivity contribution in [3.63, 3.8) is 0 Å². The molecule has 2 heterocycles. The van der Waals surface area contributed by atoms with Crippen LogP contribution in [0.5, 0.6) is 5.88 Å². The van der Waals surface area contributed by atoms with Crippen LogP contribution in [-0.4, -0.2) is 28.5 Å². The number of carbonyl (C=O) groups is 2. The second kappa shape index (κ2) is 5.54. The van der Waals surface area contributed by atoms with Gasteiger partial charge in [-0.3, -0.25) is 9.59 Å². The molecule has 0 saturated heterocycles. The fraction of sp³-hybridized carbons (Fsp3) is 0.250. The molecule has 19 heavy (non-hydrogen) atoms. The first kappa shape index (κ1) is 13.8. The van der Waals surface area contributed by atoms with Crippen LogP contribution in [0.3, 0.4) is 0 Å². The molecule has 0 atom stereocenters. The Morgan fingerprint density at radius 1 is 1.42 bits per heavy atom. The maximum atomic E-state index is 11.9. The van der Waals surface area contributed by atoms with Crippen molar-refractivity contribution in [2.75, 3.05) is 7.11 Å². The Bertz CT molecular complexity index is 633. The number of rotatable bonds is 5. The number of aromatic nitrogens is 2. The van der Waals surface area contributed by atoms with E-state index in [9.17, 15) is 9.59 Å². The lowest BCUT2D eigenvalue weighted by Crippen LogP contribution is -2.08. The molecule has 0 aliphatic heterocycles. The summed E-state index contributed by atoms with van der Waals surface area (Å²) in [5.74, 6) is -0.130. The Morgan fingerprint density at radius 2 is 2.16 bits per heavy atom. The van der Waals surface area contributed by atoms with E-state index in [2.05, 4.69) is 5.10 Å². The molecule has 0 N–H and O–H groups in total. The minimum absolute atomic E-state index is 0.218. The van der Waals surface area contributed by atoms with Crippen LogP contribution in [-0.2, 0) is 7.05 Å². The standard InChI is InChI=1S/C12H11ClN2O3S/c1-15-12(18-2)5-7(14-15)8(16)6-9(17)10-3-4-11(13)19-10/h3-5H,6H2,1-2H3. The average Bonchev–Trinajstić information content (AvgIpc) is 2.95. The van der Waals surface area contributed by atoms with E-state index in [1.165, 1.54) is 17.9 Å². The molecule has 0 fully saturated rings. The predicted molar refractivity (Wildman–Crippen MR) is 72.4 cm³/mol. The first-order chi connectivity index (χ1) is 9.01. The van der Waals surface area contributed by atoms with E-state index in [1.807, 2.05) is 0 Å². The summed E-state index contributed by atoms with van der Waals surface area (Å²) in [6.07, 6.45) is -0.225. The summed E-state index contributed by atoms with van der Waals surface area (Å²) in [5.41, 5.74) is 0.218. The van der Waals surface area contributed by atoms with Crippen LogP contribution in [0.25, 0.3) is 0 Å². The van der Waals surface area contributed by atoms with Crippen molar-refractivity contribution in [3.8, 4) is 5.88 Å². The molecule has 5 nitrogen and oxygen atoms in total. The number of ketones is 2. The molecule has 100 valence electrons. The molecule has 0 bridgehead atoms. The van der Waals surface area contributed by atoms with Crippen molar-refractivity contribution >= 4 is 34.5 Å². The molecule has 2 rings (SSSR count). The molecule has 0 radical (unpaired) electrons. The van der Waals surface area contributed by atoms with E-state index in [0.717, 1.165) is 11.3 Å². The van der Waals surface area contributed by atoms with E-state index >= 15 is 0 Å². The zero-order valence-electron chi connectivity index (χ0n) is 10.3. The monoisotopic (exact) mass is 298 g/mol. The number of carbonyl (C=O) groups excluding carboxylic acids is 2. The molecule has 0 aromatic carbocycles. The smallest absolute Gasteiger partial charge is 0.211 e. The Hall–Kier alpha value is -1.66. The zero-order valence-corrected chi connectivity index (χ0v) is 11.9. The quantitative estimate of drug-likeness (QED) is 0.629. The van der Waals surface area contributed by atoms with E-state index in [-0.39, 0.29) is 23.7 Å². The molecular weight excluding hydrogens is 288 g/mol. The number of methoxy groups -OCH3 is 1. The van der Waals surface area contributed by atoms with Gasteiger partial charge in [0.05, 0.1) is 22.7 Å². The Labute approximate surface area is 118 Å². The zero-order chi connectivity index (χ0) is 14.0. The summed E-state index contributed by atoms with van der Waals surface area (Å²) in [5, 5.41) is 4.00. The lowest BCUT2D eigenvalue weighted by Gasteiger charge is -1.95. The van der Waals surface area contributed by atoms with E-state index in [4.69, 9.17) is 16.3 Å². The van der Waals surface area contributed by atoms with E-state index in [1.54, 1.807) is 19.2 Å². The fourth-order valence-electron chi connectivity index (χ4n) is 1.57. The largest absolute Gasteiger partial charge is 0.481 e. The third kappa shape index (κ3) is 3.02. The van der Waals surface area contributed by atoms with Gasteiger partial charge in [0.1, 0.15) is 5.69 Å². The summed E-state index contributed by atoms with van der Waals surface area (Å²) in [7, 11) is 3.15. The van der Waals surface area contributed by atoms with Crippen LogP contribution >= 0.6 is 22.9 Å². The Balaban J connectivity index is 2.10. The maximum absolute atomic E-state index is 11.9. The van der Waals surface area contributed by atoms with Crippen LogP contribution in [0.4, 0.5) is 0 Å². The van der Waals surface area contributed by atoms with Crippen molar-refractivity contribution in [3.05, 3.63) is 33.1 Å². The van der Waals surface area contributed by atoms with Crippen LogP contribution in [0.15, 0.2) is 18.2 Å². The fourth-order valence-corrected chi connectivity index (χ4v) is 2.55. The number of aryl methyl sites for hydroxylation is 1. The minimum atomic E-state index is -0.339. The molecule has 0 unspecified atom stereocenters. The number of hydrogen-bond donors (Lipinski definition) is 0. The summed E-state index contributed by atoms with van der Waals surface area (Å²) in [6, 6.07) is 4.76. The number of thiophene rings is 1. The van der Waals surface area contributed by atoms with Crippen molar-refractivity contribution in [1.29, 1.82) is 0 Å². The second-order valence-corrected chi connectivity index (χ2v) is 5.54. The van der Waals surface area contributed by atoms with Gasteiger partial charge >= 0.3 is 0 Å². The van der Waals surface area contributed by atoms with Crippen LogP contribution in [0.1, 0.15) is 26.6 Å². The number of halogens is 1. The van der Waals surface area contributed by atoms with Crippen molar-refractivity contribution in [2.24, 2.45) is 7.05 Å². The molecule has 0 aliphatic rings. The van der Waals surface area contributed by atoms with E-state index in [0.29, 0.717) is 15.1 Å². The molecule has 0 amide bonds. The van der Waals surface area contributed by atoms with Gasteiger partial charge in [0, 0.05) is 13.1 Å². The highest BCUT2D eigenvalue weighted by Crippen LogP contribution is 2.23. The van der Waals surface area contributed by atoms with Gasteiger partial charge in [-0.25, -0.2) is 4.68 Å². The first-order valence-corrected chi connectivity index (χ1v) is 6.60. The topological polar surface area (TPSA) is 61.2 Å². The first-order valence-electron chi connectivity index (χ1n) is 5.41. The maximum Gasteiger partial charge on any atom is 0.211 e. The van der Waals surface area contributed by atoms with Gasteiger partial charge in [-0.2, -0.15) is 5.10 Å². The second-order valence-electron chi connectivity index (χ2n) is 3.82. The molecule has 0 saturated carbocycles. The third-order valence-electron chi connectivity index (χ3n) is 2.50. The van der Waals surface area contributed by atoms with Gasteiger partial charge in [0.2, 0.25) is 5.88 Å². The Morgan fingerprint density at radius 3 is 2.68 bits per heavy atom. The van der Waals surface area contributed by atoms with Gasteiger partial charge in [-0.1, -0.05) is 11.6 Å². The van der Waals surface area contributed by atoms with Crippen molar-refractivity contribution < 1.29 is 14.3 Å². The summed E-state index contributed by atoms with van der Waals surface area (Å²) in [6.45, 7) is 0. The van der Waals surface area contributed by atoms with Gasteiger partial charge in [0.25, 0.3) is 0 Å². The average molecular weight is 299 g/mol. The lowest BCUT2D eigenvalue weighted by atomic mass is 10.1. The SMILES string of the molecule is COc1cc(C(=O)CC(=O)c2ccc(Cl)s2)nn1C. The number of hydrogen-bond acceptors (Lipinski definition) is 5. The van der Waals surface area contributed by atoms with Crippen LogP contribution in [0.2, 0.25) is 4.34 Å². The molecule has 0 aliphatic carbocycles. The molecule has 2 aromatic heterocycles. The van der Waals surface area contributed by atoms with Crippen LogP contribution in [0, 0.1) is 0 Å². The Kier molecular flexibility index (Phi) is 4.01. The van der Waals surface area contributed by atoms with Crippen LogP contribution < -0.4 is 4.74 Å². The summed E-state index contributed by atoms with van der Waals surface area (Å²) in [4.78, 5) is 24.3. The molecular formula is C12H11ClN2O3S. The highest BCUT2D eigenvalue weighted by atomic mass is 35.5. The molecule has 2 aromatic rings. The number of nitrogens with zero attached hydrogens (tertiary/aromatic N) is 2.